The van der Waals surface area contributed by atoms with Gasteiger partial charge in [0, 0.05) is 19.3 Å². The van der Waals surface area contributed by atoms with Crippen molar-refractivity contribution in [2.24, 2.45) is 0 Å². The van der Waals surface area contributed by atoms with Crippen LogP contribution in [0.25, 0.3) is 11.2 Å². The molecule has 128 valence electrons. The van der Waals surface area contributed by atoms with Crippen molar-refractivity contribution < 1.29 is 4.79 Å². The molecule has 0 atom stereocenters. The van der Waals surface area contributed by atoms with Crippen molar-refractivity contribution in [1.82, 2.24) is 19.9 Å². The van der Waals surface area contributed by atoms with E-state index in [2.05, 4.69) is 27.4 Å². The third kappa shape index (κ3) is 3.74. The number of carbonyl (C=O) groups is 1. The van der Waals surface area contributed by atoms with E-state index in [1.54, 1.807) is 18.3 Å². The summed E-state index contributed by atoms with van der Waals surface area (Å²) in [4.78, 5) is 33.3. The first kappa shape index (κ1) is 16.8. The molecule has 0 saturated heterocycles. The van der Waals surface area contributed by atoms with E-state index >= 15 is 0 Å². The fourth-order valence-corrected chi connectivity index (χ4v) is 2.74. The molecule has 1 amide bonds. The molecule has 25 heavy (non-hydrogen) atoms. The molecule has 6 heteroatoms. The van der Waals surface area contributed by atoms with Crippen LogP contribution in [0.15, 0.2) is 53.5 Å². The molecule has 0 unspecified atom stereocenters. The van der Waals surface area contributed by atoms with Gasteiger partial charge in [-0.15, -0.1) is 0 Å². The molecule has 3 aromatic rings. The van der Waals surface area contributed by atoms with Crippen molar-refractivity contribution in [3.63, 3.8) is 0 Å². The van der Waals surface area contributed by atoms with E-state index in [9.17, 15) is 9.59 Å². The van der Waals surface area contributed by atoms with Crippen LogP contribution < -0.4 is 10.9 Å². The average Bonchev–Trinajstić information content (AvgIpc) is 2.65. The van der Waals surface area contributed by atoms with Gasteiger partial charge in [0.2, 0.25) is 0 Å². The summed E-state index contributed by atoms with van der Waals surface area (Å²) in [6, 6.07) is 13.6. The second-order valence-electron chi connectivity index (χ2n) is 5.70. The van der Waals surface area contributed by atoms with Crippen LogP contribution in [0.2, 0.25) is 0 Å². The van der Waals surface area contributed by atoms with Gasteiger partial charge in [-0.05, 0) is 37.5 Å². The minimum absolute atomic E-state index is 0.0814. The van der Waals surface area contributed by atoms with E-state index in [0.29, 0.717) is 24.3 Å². The fourth-order valence-electron chi connectivity index (χ4n) is 2.74. The van der Waals surface area contributed by atoms with Crippen LogP contribution in [0, 0.1) is 0 Å². The lowest BCUT2D eigenvalue weighted by atomic mass is 10.1. The highest BCUT2D eigenvalue weighted by molar-refractivity contribution is 5.93. The summed E-state index contributed by atoms with van der Waals surface area (Å²) < 4.78 is 1.47. The van der Waals surface area contributed by atoms with Crippen molar-refractivity contribution in [3.8, 4) is 0 Å². The molecule has 2 heterocycles. The Kier molecular flexibility index (Phi) is 5.18. The Morgan fingerprint density at radius 1 is 1.16 bits per heavy atom. The monoisotopic (exact) mass is 336 g/mol. The van der Waals surface area contributed by atoms with E-state index in [1.807, 2.05) is 25.1 Å². The number of pyridine rings is 1. The zero-order valence-electron chi connectivity index (χ0n) is 14.1. The first-order valence-electron chi connectivity index (χ1n) is 8.38. The normalized spacial score (nSPS) is 10.8. The summed E-state index contributed by atoms with van der Waals surface area (Å²) in [6.07, 6.45) is 3.28. The maximum atomic E-state index is 12.5. The Labute approximate surface area is 145 Å². The predicted molar refractivity (Wildman–Crippen MR) is 96.6 cm³/mol. The number of rotatable bonds is 6. The molecule has 0 bridgehead atoms. The third-order valence-corrected chi connectivity index (χ3v) is 4.00. The van der Waals surface area contributed by atoms with Crippen molar-refractivity contribution >= 4 is 17.1 Å². The summed E-state index contributed by atoms with van der Waals surface area (Å²) >= 11 is 0. The van der Waals surface area contributed by atoms with Gasteiger partial charge < -0.3 is 5.32 Å². The van der Waals surface area contributed by atoms with Gasteiger partial charge in [0.15, 0.2) is 11.3 Å². The zero-order valence-corrected chi connectivity index (χ0v) is 14.1. The van der Waals surface area contributed by atoms with Crippen LogP contribution in [0.5, 0.6) is 0 Å². The first-order chi connectivity index (χ1) is 12.2. The molecule has 2 aromatic heterocycles. The molecule has 0 aliphatic carbocycles. The van der Waals surface area contributed by atoms with E-state index < -0.39 is 11.5 Å². The average molecular weight is 336 g/mol. The molecule has 0 spiro atoms. The minimum atomic E-state index is -0.439. The van der Waals surface area contributed by atoms with E-state index in [1.165, 1.54) is 10.1 Å². The second kappa shape index (κ2) is 7.70. The molecule has 3 rings (SSSR count). The molecule has 1 aromatic carbocycles. The minimum Gasteiger partial charge on any atom is -0.351 e. The molecule has 6 nitrogen and oxygen atoms in total. The number of amides is 1. The highest BCUT2D eigenvalue weighted by atomic mass is 16.2. The number of benzene rings is 1. The van der Waals surface area contributed by atoms with Gasteiger partial charge in [0.25, 0.3) is 11.5 Å². The van der Waals surface area contributed by atoms with Crippen molar-refractivity contribution in [1.29, 1.82) is 0 Å². The van der Waals surface area contributed by atoms with Gasteiger partial charge in [-0.1, -0.05) is 30.3 Å². The van der Waals surface area contributed by atoms with Crippen molar-refractivity contribution in [3.05, 3.63) is 70.3 Å². The van der Waals surface area contributed by atoms with E-state index in [4.69, 9.17) is 0 Å². The first-order valence-corrected chi connectivity index (χ1v) is 8.38. The van der Waals surface area contributed by atoms with Crippen LogP contribution in [-0.2, 0) is 13.0 Å². The lowest BCUT2D eigenvalue weighted by Crippen LogP contribution is -2.35. The summed E-state index contributed by atoms with van der Waals surface area (Å²) in [7, 11) is 0. The number of aryl methyl sites for hydroxylation is 2. The standard InChI is InChI=1S/C19H20N4O2/c1-2-23-17-15(11-7-12-20-17)22-16(19(23)25)18(24)21-13-6-10-14-8-4-3-5-9-14/h3-5,7-9,11-12H,2,6,10,13H2,1H3,(H,21,24). The Morgan fingerprint density at radius 3 is 2.72 bits per heavy atom. The molecule has 1 N–H and O–H groups in total. The number of hydrogen-bond acceptors (Lipinski definition) is 4. The van der Waals surface area contributed by atoms with E-state index in [0.717, 1.165) is 12.8 Å². The third-order valence-electron chi connectivity index (χ3n) is 4.00. The summed E-state index contributed by atoms with van der Waals surface area (Å²) in [5.41, 5.74) is 1.77. The molecule has 0 aliphatic rings. The number of aromatic nitrogens is 3. The second-order valence-corrected chi connectivity index (χ2v) is 5.70. The van der Waals surface area contributed by atoms with Crippen LogP contribution >= 0.6 is 0 Å². The number of carbonyl (C=O) groups excluding carboxylic acids is 1. The summed E-state index contributed by atoms with van der Waals surface area (Å²) in [5.74, 6) is -0.439. The van der Waals surface area contributed by atoms with Gasteiger partial charge in [-0.2, -0.15) is 0 Å². The zero-order chi connectivity index (χ0) is 17.6. The summed E-state index contributed by atoms with van der Waals surface area (Å²) in [6.45, 7) is 2.77. The Hall–Kier alpha value is -3.02. The lowest BCUT2D eigenvalue weighted by molar-refractivity contribution is 0.0946. The number of hydrogen-bond donors (Lipinski definition) is 1. The Bertz CT molecular complexity index is 935. The Balaban J connectivity index is 1.71. The van der Waals surface area contributed by atoms with Crippen molar-refractivity contribution in [2.45, 2.75) is 26.3 Å². The summed E-state index contributed by atoms with van der Waals surface area (Å²) in [5, 5.41) is 2.79. The van der Waals surface area contributed by atoms with Crippen LogP contribution in [0.4, 0.5) is 0 Å². The lowest BCUT2D eigenvalue weighted by Gasteiger charge is -2.09. The SMILES string of the molecule is CCn1c(=O)c(C(=O)NCCCc2ccccc2)nc2cccnc21. The maximum Gasteiger partial charge on any atom is 0.283 e. The number of fused-ring (bicyclic) bond motifs is 1. The van der Waals surface area contributed by atoms with Gasteiger partial charge in [0.1, 0.15) is 5.52 Å². The highest BCUT2D eigenvalue weighted by Crippen LogP contribution is 2.07. The largest absolute Gasteiger partial charge is 0.351 e. The Morgan fingerprint density at radius 2 is 1.96 bits per heavy atom. The molecular formula is C19H20N4O2. The number of nitrogens with one attached hydrogen (secondary N) is 1. The smallest absolute Gasteiger partial charge is 0.283 e. The quantitative estimate of drug-likeness (QED) is 0.700. The van der Waals surface area contributed by atoms with Gasteiger partial charge in [-0.3, -0.25) is 14.2 Å². The maximum absolute atomic E-state index is 12.5. The predicted octanol–water partition coefficient (Wildman–Crippen LogP) is 2.17. The van der Waals surface area contributed by atoms with Gasteiger partial charge in [0.05, 0.1) is 0 Å². The van der Waals surface area contributed by atoms with Crippen LogP contribution in [0.3, 0.4) is 0 Å². The molecule has 0 saturated carbocycles. The molecule has 0 fully saturated rings. The highest BCUT2D eigenvalue weighted by Gasteiger charge is 2.17. The van der Waals surface area contributed by atoms with Gasteiger partial charge in [-0.25, -0.2) is 9.97 Å². The van der Waals surface area contributed by atoms with Crippen LogP contribution in [-0.4, -0.2) is 27.0 Å². The molecule has 0 aliphatic heterocycles. The topological polar surface area (TPSA) is 76.9 Å². The molecule has 0 radical (unpaired) electrons. The number of nitrogens with zero attached hydrogens (tertiary/aromatic N) is 3. The molecular weight excluding hydrogens is 316 g/mol. The van der Waals surface area contributed by atoms with Gasteiger partial charge >= 0.3 is 0 Å². The van der Waals surface area contributed by atoms with Crippen molar-refractivity contribution in [2.75, 3.05) is 6.54 Å². The fraction of sp³-hybridized carbons (Fsp3) is 0.263. The van der Waals surface area contributed by atoms with E-state index in [-0.39, 0.29) is 5.69 Å². The van der Waals surface area contributed by atoms with Crippen LogP contribution in [0.1, 0.15) is 29.4 Å².